The molecule has 0 N–H and O–H groups in total. The lowest BCUT2D eigenvalue weighted by Crippen LogP contribution is -2.26. The minimum Gasteiger partial charge on any atom is -0.466 e. The molecule has 0 spiro atoms. The molecule has 2 aromatic carbocycles. The molecular weight excluding hydrogens is 370 g/mol. The standard InChI is InChI=1S/C19H16BrNO3/c1-24-19(23)15(11-20)17-14-9-5-6-10-16(14)21(18(17)22)12-13-7-3-2-4-8-13/h2-10H,11-12H2,1H3/b17-15-. The van der Waals surface area contributed by atoms with E-state index in [1.807, 2.05) is 54.6 Å². The summed E-state index contributed by atoms with van der Waals surface area (Å²) in [6, 6.07) is 17.3. The molecular formula is C19H16BrNO3. The van der Waals surface area contributed by atoms with Gasteiger partial charge in [0, 0.05) is 10.9 Å². The van der Waals surface area contributed by atoms with Crippen molar-refractivity contribution in [2.45, 2.75) is 6.54 Å². The third-order valence-electron chi connectivity index (χ3n) is 3.97. The van der Waals surface area contributed by atoms with Crippen molar-refractivity contribution in [1.82, 2.24) is 0 Å². The van der Waals surface area contributed by atoms with Crippen LogP contribution in [-0.2, 0) is 20.9 Å². The quantitative estimate of drug-likeness (QED) is 0.459. The van der Waals surface area contributed by atoms with Gasteiger partial charge >= 0.3 is 5.97 Å². The van der Waals surface area contributed by atoms with E-state index in [0.717, 1.165) is 16.8 Å². The number of fused-ring (bicyclic) bond motifs is 1. The zero-order valence-corrected chi connectivity index (χ0v) is 14.7. The van der Waals surface area contributed by atoms with Gasteiger partial charge in [0.1, 0.15) is 0 Å². The Morgan fingerprint density at radius 2 is 1.75 bits per heavy atom. The van der Waals surface area contributed by atoms with E-state index < -0.39 is 5.97 Å². The van der Waals surface area contributed by atoms with Crippen molar-refractivity contribution in [1.29, 1.82) is 0 Å². The Bertz CT molecular complexity index is 814. The highest BCUT2D eigenvalue weighted by atomic mass is 79.9. The van der Waals surface area contributed by atoms with Crippen LogP contribution < -0.4 is 4.90 Å². The first kappa shape index (κ1) is 16.5. The van der Waals surface area contributed by atoms with E-state index in [1.54, 1.807) is 4.90 Å². The number of ether oxygens (including phenoxy) is 1. The third kappa shape index (κ3) is 2.87. The van der Waals surface area contributed by atoms with Crippen molar-refractivity contribution in [2.75, 3.05) is 17.3 Å². The molecule has 122 valence electrons. The molecule has 3 rings (SSSR count). The summed E-state index contributed by atoms with van der Waals surface area (Å²) in [7, 11) is 1.32. The van der Waals surface area contributed by atoms with Gasteiger partial charge in [-0.1, -0.05) is 64.5 Å². The van der Waals surface area contributed by atoms with E-state index in [2.05, 4.69) is 15.9 Å². The third-order valence-corrected chi connectivity index (χ3v) is 4.53. The molecule has 0 aliphatic carbocycles. The summed E-state index contributed by atoms with van der Waals surface area (Å²) in [5.74, 6) is -0.675. The molecule has 0 saturated carbocycles. The number of anilines is 1. The van der Waals surface area contributed by atoms with Gasteiger partial charge in [-0.2, -0.15) is 0 Å². The van der Waals surface area contributed by atoms with Crippen LogP contribution in [0, 0.1) is 0 Å². The Hall–Kier alpha value is -2.40. The van der Waals surface area contributed by atoms with E-state index in [9.17, 15) is 9.59 Å². The Morgan fingerprint density at radius 3 is 2.42 bits per heavy atom. The molecule has 5 heteroatoms. The van der Waals surface area contributed by atoms with E-state index >= 15 is 0 Å². The van der Waals surface area contributed by atoms with Crippen molar-refractivity contribution < 1.29 is 14.3 Å². The highest BCUT2D eigenvalue weighted by Gasteiger charge is 2.35. The number of rotatable bonds is 4. The molecule has 0 radical (unpaired) electrons. The predicted octanol–water partition coefficient (Wildman–Crippen LogP) is 3.55. The fourth-order valence-corrected chi connectivity index (χ4v) is 3.35. The van der Waals surface area contributed by atoms with Gasteiger partial charge in [-0.15, -0.1) is 0 Å². The molecule has 0 atom stereocenters. The van der Waals surface area contributed by atoms with Gasteiger partial charge in [0.2, 0.25) is 0 Å². The Balaban J connectivity index is 2.10. The van der Waals surface area contributed by atoms with Crippen molar-refractivity contribution in [3.05, 3.63) is 71.3 Å². The molecule has 1 amide bonds. The summed E-state index contributed by atoms with van der Waals surface area (Å²) < 4.78 is 4.83. The average molecular weight is 386 g/mol. The molecule has 2 aromatic rings. The van der Waals surface area contributed by atoms with Gasteiger partial charge in [0.15, 0.2) is 0 Å². The van der Waals surface area contributed by atoms with Crippen LogP contribution in [0.25, 0.3) is 5.57 Å². The van der Waals surface area contributed by atoms with Crippen LogP contribution in [0.15, 0.2) is 60.2 Å². The number of nitrogens with zero attached hydrogens (tertiary/aromatic N) is 1. The highest BCUT2D eigenvalue weighted by molar-refractivity contribution is 9.09. The largest absolute Gasteiger partial charge is 0.466 e. The van der Waals surface area contributed by atoms with Crippen molar-refractivity contribution in [3.8, 4) is 0 Å². The number of hydrogen-bond acceptors (Lipinski definition) is 3. The minimum absolute atomic E-state index is 0.181. The second-order valence-electron chi connectivity index (χ2n) is 5.37. The van der Waals surface area contributed by atoms with Crippen LogP contribution in [0.4, 0.5) is 5.69 Å². The van der Waals surface area contributed by atoms with Crippen LogP contribution in [0.3, 0.4) is 0 Å². The minimum atomic E-state index is -0.494. The number of carbonyl (C=O) groups excluding carboxylic acids is 2. The summed E-state index contributed by atoms with van der Waals surface area (Å²) in [5, 5.41) is 0.258. The fourth-order valence-electron chi connectivity index (χ4n) is 2.84. The molecule has 1 aliphatic rings. The summed E-state index contributed by atoms with van der Waals surface area (Å²) >= 11 is 3.30. The van der Waals surface area contributed by atoms with Gasteiger partial charge in [0.25, 0.3) is 5.91 Å². The molecule has 0 fully saturated rings. The maximum absolute atomic E-state index is 13.0. The monoisotopic (exact) mass is 385 g/mol. The number of para-hydroxylation sites is 1. The summed E-state index contributed by atoms with van der Waals surface area (Å²) in [6.45, 7) is 0.455. The lowest BCUT2D eigenvalue weighted by Gasteiger charge is -2.17. The summed E-state index contributed by atoms with van der Waals surface area (Å²) in [6.07, 6.45) is 0. The predicted molar refractivity (Wildman–Crippen MR) is 96.8 cm³/mol. The first-order valence-electron chi connectivity index (χ1n) is 7.50. The van der Waals surface area contributed by atoms with Crippen LogP contribution in [0.1, 0.15) is 11.1 Å². The molecule has 1 aliphatic heterocycles. The van der Waals surface area contributed by atoms with Crippen molar-refractivity contribution in [3.63, 3.8) is 0 Å². The first-order valence-corrected chi connectivity index (χ1v) is 8.62. The van der Waals surface area contributed by atoms with Gasteiger partial charge in [-0.05, 0) is 11.6 Å². The van der Waals surface area contributed by atoms with Gasteiger partial charge in [-0.25, -0.2) is 4.79 Å². The highest BCUT2D eigenvalue weighted by Crippen LogP contribution is 2.39. The zero-order valence-electron chi connectivity index (χ0n) is 13.2. The van der Waals surface area contributed by atoms with E-state index in [1.165, 1.54) is 7.11 Å². The van der Waals surface area contributed by atoms with Crippen molar-refractivity contribution >= 4 is 39.1 Å². The number of alkyl halides is 1. The Kier molecular flexibility index (Phi) is 4.81. The number of hydrogen-bond donors (Lipinski definition) is 0. The van der Waals surface area contributed by atoms with E-state index in [0.29, 0.717) is 17.7 Å². The molecule has 0 bridgehead atoms. The summed E-state index contributed by atoms with van der Waals surface area (Å²) in [5.41, 5.74) is 3.35. The SMILES string of the molecule is COC(=O)/C(CBr)=C1\C(=O)N(Cc2ccccc2)c2ccccc21. The maximum Gasteiger partial charge on any atom is 0.335 e. The second kappa shape index (κ2) is 7.01. The number of benzene rings is 2. The van der Waals surface area contributed by atoms with Crippen LogP contribution in [0.5, 0.6) is 0 Å². The second-order valence-corrected chi connectivity index (χ2v) is 5.93. The zero-order chi connectivity index (χ0) is 17.1. The van der Waals surface area contributed by atoms with Crippen molar-refractivity contribution in [2.24, 2.45) is 0 Å². The molecule has 0 aromatic heterocycles. The molecule has 4 nitrogen and oxygen atoms in total. The van der Waals surface area contributed by atoms with Crippen LogP contribution in [-0.4, -0.2) is 24.3 Å². The van der Waals surface area contributed by atoms with Crippen LogP contribution >= 0.6 is 15.9 Å². The lowest BCUT2D eigenvalue weighted by atomic mass is 10.0. The van der Waals surface area contributed by atoms with Crippen LogP contribution in [0.2, 0.25) is 0 Å². The molecule has 1 heterocycles. The topological polar surface area (TPSA) is 46.6 Å². The number of carbonyl (C=O) groups is 2. The van der Waals surface area contributed by atoms with Gasteiger partial charge in [-0.3, -0.25) is 4.79 Å². The molecule has 0 unspecified atom stereocenters. The van der Waals surface area contributed by atoms with Gasteiger partial charge in [0.05, 0.1) is 30.5 Å². The molecule has 24 heavy (non-hydrogen) atoms. The number of methoxy groups -OCH3 is 1. The summed E-state index contributed by atoms with van der Waals surface area (Å²) in [4.78, 5) is 26.8. The van der Waals surface area contributed by atoms with E-state index in [-0.39, 0.29) is 11.2 Å². The average Bonchev–Trinajstić information content (AvgIpc) is 2.89. The van der Waals surface area contributed by atoms with Gasteiger partial charge < -0.3 is 9.64 Å². The fraction of sp³-hybridized carbons (Fsp3) is 0.158. The molecule has 0 saturated heterocycles. The van der Waals surface area contributed by atoms with E-state index in [4.69, 9.17) is 4.74 Å². The number of amides is 1. The number of esters is 1. The smallest absolute Gasteiger partial charge is 0.335 e. The number of halogens is 1. The lowest BCUT2D eigenvalue weighted by molar-refractivity contribution is -0.136. The Morgan fingerprint density at radius 1 is 1.08 bits per heavy atom. The first-order chi connectivity index (χ1) is 11.7. The normalized spacial score (nSPS) is 15.2. The maximum atomic E-state index is 13.0. The Labute approximate surface area is 148 Å².